The average Bonchev–Trinajstić information content (AvgIpc) is 3.02. The molecule has 4 nitrogen and oxygen atoms in total. The number of morpholine rings is 1. The third-order valence-corrected chi connectivity index (χ3v) is 4.40. The molecule has 3 rings (SSSR count). The lowest BCUT2D eigenvalue weighted by Gasteiger charge is -2.32. The summed E-state index contributed by atoms with van der Waals surface area (Å²) in [6.45, 7) is 4.47. The van der Waals surface area contributed by atoms with E-state index in [0.29, 0.717) is 0 Å². The van der Waals surface area contributed by atoms with Gasteiger partial charge in [0.15, 0.2) is 0 Å². The highest BCUT2D eigenvalue weighted by molar-refractivity contribution is 7.16. The first kappa shape index (κ1) is 13.1. The quantitative estimate of drug-likeness (QED) is 0.868. The van der Waals surface area contributed by atoms with Gasteiger partial charge in [-0.15, -0.1) is 11.3 Å². The van der Waals surface area contributed by atoms with E-state index >= 15 is 0 Å². The van der Waals surface area contributed by atoms with Crippen LogP contribution in [0, 0.1) is 0 Å². The van der Waals surface area contributed by atoms with Crippen LogP contribution < -0.4 is 0 Å². The fourth-order valence-corrected chi connectivity index (χ4v) is 3.44. The first-order valence-corrected chi connectivity index (χ1v) is 7.54. The third kappa shape index (κ3) is 3.57. The molecule has 1 atom stereocenters. The Hall–Kier alpha value is -0.880. The SMILES string of the molecule is Clc1ccc(CN2CCO[C@H](Cn3cccn3)C2)s1. The zero-order valence-electron chi connectivity index (χ0n) is 10.5. The zero-order valence-corrected chi connectivity index (χ0v) is 12.1. The van der Waals surface area contributed by atoms with Crippen LogP contribution >= 0.6 is 22.9 Å². The van der Waals surface area contributed by atoms with Crippen LogP contribution in [0.4, 0.5) is 0 Å². The molecule has 0 aliphatic carbocycles. The normalized spacial score (nSPS) is 20.8. The van der Waals surface area contributed by atoms with Crippen LogP contribution in [0.5, 0.6) is 0 Å². The second kappa shape index (κ2) is 6.05. The van der Waals surface area contributed by atoms with Crippen LogP contribution in [-0.4, -0.2) is 40.5 Å². The van der Waals surface area contributed by atoms with Crippen LogP contribution in [0.25, 0.3) is 0 Å². The Labute approximate surface area is 121 Å². The molecule has 19 heavy (non-hydrogen) atoms. The molecule has 1 saturated heterocycles. The highest BCUT2D eigenvalue weighted by Gasteiger charge is 2.21. The van der Waals surface area contributed by atoms with E-state index in [1.54, 1.807) is 17.5 Å². The molecule has 0 aromatic carbocycles. The molecule has 102 valence electrons. The van der Waals surface area contributed by atoms with Crippen molar-refractivity contribution in [2.75, 3.05) is 19.7 Å². The number of hydrogen-bond donors (Lipinski definition) is 0. The fourth-order valence-electron chi connectivity index (χ4n) is 2.31. The maximum atomic E-state index is 5.97. The summed E-state index contributed by atoms with van der Waals surface area (Å²) in [5.74, 6) is 0. The minimum absolute atomic E-state index is 0.212. The lowest BCUT2D eigenvalue weighted by atomic mass is 10.2. The van der Waals surface area contributed by atoms with E-state index < -0.39 is 0 Å². The van der Waals surface area contributed by atoms with Crippen molar-refractivity contribution in [1.29, 1.82) is 0 Å². The number of halogens is 1. The van der Waals surface area contributed by atoms with E-state index in [2.05, 4.69) is 16.1 Å². The number of hydrogen-bond acceptors (Lipinski definition) is 4. The van der Waals surface area contributed by atoms with Crippen LogP contribution in [0.1, 0.15) is 4.88 Å². The molecule has 6 heteroatoms. The van der Waals surface area contributed by atoms with Crippen molar-refractivity contribution in [2.45, 2.75) is 19.2 Å². The predicted molar refractivity (Wildman–Crippen MR) is 76.6 cm³/mol. The van der Waals surface area contributed by atoms with Gasteiger partial charge in [0, 0.05) is 36.9 Å². The highest BCUT2D eigenvalue weighted by Crippen LogP contribution is 2.23. The maximum absolute atomic E-state index is 5.97. The molecular formula is C13H16ClN3OS. The van der Waals surface area contributed by atoms with Gasteiger partial charge in [-0.25, -0.2) is 0 Å². The molecule has 2 aromatic heterocycles. The van der Waals surface area contributed by atoms with E-state index in [9.17, 15) is 0 Å². The van der Waals surface area contributed by atoms with Crippen molar-refractivity contribution in [3.05, 3.63) is 39.8 Å². The summed E-state index contributed by atoms with van der Waals surface area (Å²) in [6.07, 6.45) is 3.99. The van der Waals surface area contributed by atoms with E-state index in [-0.39, 0.29) is 6.10 Å². The molecule has 0 saturated carbocycles. The van der Waals surface area contributed by atoms with Crippen molar-refractivity contribution >= 4 is 22.9 Å². The van der Waals surface area contributed by atoms with E-state index in [1.807, 2.05) is 23.0 Å². The van der Waals surface area contributed by atoms with Gasteiger partial charge in [0.25, 0.3) is 0 Å². The molecule has 0 unspecified atom stereocenters. The number of aromatic nitrogens is 2. The smallest absolute Gasteiger partial charge is 0.0931 e. The van der Waals surface area contributed by atoms with E-state index in [4.69, 9.17) is 16.3 Å². The molecule has 1 aliphatic rings. The minimum Gasteiger partial charge on any atom is -0.374 e. The minimum atomic E-state index is 0.212. The summed E-state index contributed by atoms with van der Waals surface area (Å²) in [5, 5.41) is 4.23. The van der Waals surface area contributed by atoms with Gasteiger partial charge < -0.3 is 4.74 Å². The molecule has 3 heterocycles. The van der Waals surface area contributed by atoms with E-state index in [0.717, 1.165) is 37.1 Å². The van der Waals surface area contributed by atoms with Crippen LogP contribution in [0.3, 0.4) is 0 Å². The Morgan fingerprint density at radius 1 is 1.47 bits per heavy atom. The summed E-state index contributed by atoms with van der Waals surface area (Å²) in [5.41, 5.74) is 0. The molecular weight excluding hydrogens is 282 g/mol. The lowest BCUT2D eigenvalue weighted by molar-refractivity contribution is -0.0399. The van der Waals surface area contributed by atoms with Crippen molar-refractivity contribution in [3.8, 4) is 0 Å². The van der Waals surface area contributed by atoms with Crippen LogP contribution in [-0.2, 0) is 17.8 Å². The molecule has 1 aliphatic heterocycles. The Kier molecular flexibility index (Phi) is 4.18. The number of ether oxygens (including phenoxy) is 1. The van der Waals surface area contributed by atoms with E-state index in [1.165, 1.54) is 4.88 Å². The Balaban J connectivity index is 1.55. The van der Waals surface area contributed by atoms with Gasteiger partial charge in [0.1, 0.15) is 0 Å². The molecule has 0 bridgehead atoms. The maximum Gasteiger partial charge on any atom is 0.0931 e. The Bertz CT molecular complexity index is 514. The van der Waals surface area contributed by atoms with Gasteiger partial charge in [-0.1, -0.05) is 11.6 Å². The second-order valence-corrected chi connectivity index (χ2v) is 6.46. The van der Waals surface area contributed by atoms with Crippen molar-refractivity contribution in [3.63, 3.8) is 0 Å². The molecule has 2 aromatic rings. The second-order valence-electron chi connectivity index (χ2n) is 4.66. The molecule has 0 radical (unpaired) electrons. The van der Waals surface area contributed by atoms with Crippen LogP contribution in [0.2, 0.25) is 4.34 Å². The van der Waals surface area contributed by atoms with Gasteiger partial charge in [0.2, 0.25) is 0 Å². The predicted octanol–water partition coefficient (Wildman–Crippen LogP) is 2.50. The summed E-state index contributed by atoms with van der Waals surface area (Å²) in [4.78, 5) is 3.73. The molecule has 0 N–H and O–H groups in total. The standard InChI is InChI=1S/C13H16ClN3OS/c14-13-3-2-12(19-13)10-16-6-7-18-11(8-16)9-17-5-1-4-15-17/h1-5,11H,6-10H2/t11-/m0/s1. The van der Waals surface area contributed by atoms with Crippen molar-refractivity contribution in [2.24, 2.45) is 0 Å². The first-order valence-electron chi connectivity index (χ1n) is 6.35. The summed E-state index contributed by atoms with van der Waals surface area (Å²) in [7, 11) is 0. The Morgan fingerprint density at radius 3 is 3.16 bits per heavy atom. The average molecular weight is 298 g/mol. The zero-order chi connectivity index (χ0) is 13.1. The van der Waals surface area contributed by atoms with Gasteiger partial charge in [-0.05, 0) is 18.2 Å². The van der Waals surface area contributed by atoms with Gasteiger partial charge >= 0.3 is 0 Å². The number of nitrogens with zero attached hydrogens (tertiary/aromatic N) is 3. The van der Waals surface area contributed by atoms with Crippen molar-refractivity contribution < 1.29 is 4.74 Å². The van der Waals surface area contributed by atoms with Crippen molar-refractivity contribution in [1.82, 2.24) is 14.7 Å². The fraction of sp³-hybridized carbons (Fsp3) is 0.462. The molecule has 0 spiro atoms. The largest absolute Gasteiger partial charge is 0.374 e. The number of rotatable bonds is 4. The van der Waals surface area contributed by atoms with Gasteiger partial charge in [0.05, 0.1) is 23.6 Å². The van der Waals surface area contributed by atoms with Gasteiger partial charge in [-0.2, -0.15) is 5.10 Å². The van der Waals surface area contributed by atoms with Crippen LogP contribution in [0.15, 0.2) is 30.6 Å². The summed E-state index contributed by atoms with van der Waals surface area (Å²) in [6, 6.07) is 6.00. The van der Waals surface area contributed by atoms with Gasteiger partial charge in [-0.3, -0.25) is 9.58 Å². The monoisotopic (exact) mass is 297 g/mol. The molecule has 0 amide bonds. The highest BCUT2D eigenvalue weighted by atomic mass is 35.5. The molecule has 1 fully saturated rings. The Morgan fingerprint density at radius 2 is 2.42 bits per heavy atom. The summed E-state index contributed by atoms with van der Waals surface area (Å²) >= 11 is 7.62. The topological polar surface area (TPSA) is 30.3 Å². The third-order valence-electron chi connectivity index (χ3n) is 3.18. The summed E-state index contributed by atoms with van der Waals surface area (Å²) < 4.78 is 8.58. The first-order chi connectivity index (χ1) is 9.29. The lowest BCUT2D eigenvalue weighted by Crippen LogP contribution is -2.43. The number of thiophene rings is 1.